The fourth-order valence-electron chi connectivity index (χ4n) is 3.46. The van der Waals surface area contributed by atoms with Crippen LogP contribution in [0.2, 0.25) is 5.02 Å². The van der Waals surface area contributed by atoms with Crippen LogP contribution in [0.15, 0.2) is 43.1 Å². The number of rotatable bonds is 8. The SMILES string of the molecule is C=CC(=O)Nc1ccccc1Nc1nc(N[C@H]2CCC[C@@H](C(=O)NOC)C2)ncc1Cl. The maximum atomic E-state index is 12.1. The van der Waals surface area contributed by atoms with Crippen LogP contribution in [0.5, 0.6) is 0 Å². The van der Waals surface area contributed by atoms with Crippen molar-refractivity contribution in [1.82, 2.24) is 15.4 Å². The fourth-order valence-corrected chi connectivity index (χ4v) is 3.60. The number of nitrogens with zero attached hydrogens (tertiary/aromatic N) is 2. The van der Waals surface area contributed by atoms with Crippen LogP contribution < -0.4 is 21.4 Å². The lowest BCUT2D eigenvalue weighted by Gasteiger charge is -2.28. The van der Waals surface area contributed by atoms with Crippen molar-refractivity contribution in [3.8, 4) is 0 Å². The average molecular weight is 445 g/mol. The van der Waals surface area contributed by atoms with Gasteiger partial charge in [-0.3, -0.25) is 14.4 Å². The summed E-state index contributed by atoms with van der Waals surface area (Å²) in [5.74, 6) is 0.221. The quantitative estimate of drug-likeness (QED) is 0.362. The lowest BCUT2D eigenvalue weighted by atomic mass is 9.85. The molecule has 164 valence electrons. The highest BCUT2D eigenvalue weighted by molar-refractivity contribution is 6.33. The second-order valence-electron chi connectivity index (χ2n) is 7.13. The van der Waals surface area contributed by atoms with Gasteiger partial charge in [0.2, 0.25) is 17.8 Å². The molecule has 1 aliphatic rings. The van der Waals surface area contributed by atoms with Gasteiger partial charge in [0.1, 0.15) is 5.02 Å². The summed E-state index contributed by atoms with van der Waals surface area (Å²) in [7, 11) is 1.42. The smallest absolute Gasteiger partial charge is 0.247 e. The number of hydrogen-bond acceptors (Lipinski definition) is 7. The molecule has 10 heteroatoms. The molecule has 31 heavy (non-hydrogen) atoms. The van der Waals surface area contributed by atoms with Crippen LogP contribution >= 0.6 is 11.6 Å². The van der Waals surface area contributed by atoms with Gasteiger partial charge in [0.25, 0.3) is 0 Å². The molecule has 1 aromatic heterocycles. The number of hydrogen-bond donors (Lipinski definition) is 4. The Morgan fingerprint density at radius 2 is 2.03 bits per heavy atom. The number of carbonyl (C=O) groups is 2. The second-order valence-corrected chi connectivity index (χ2v) is 7.54. The molecule has 4 N–H and O–H groups in total. The third kappa shape index (κ3) is 6.16. The molecular weight excluding hydrogens is 420 g/mol. The summed E-state index contributed by atoms with van der Waals surface area (Å²) < 4.78 is 0. The largest absolute Gasteiger partial charge is 0.351 e. The highest BCUT2D eigenvalue weighted by atomic mass is 35.5. The predicted octanol–water partition coefficient (Wildman–Crippen LogP) is 3.65. The number of carbonyl (C=O) groups excluding carboxylic acids is 2. The number of para-hydroxylation sites is 2. The molecule has 3 rings (SSSR count). The highest BCUT2D eigenvalue weighted by Gasteiger charge is 2.27. The van der Waals surface area contributed by atoms with E-state index in [-0.39, 0.29) is 23.8 Å². The molecule has 2 amide bonds. The maximum Gasteiger partial charge on any atom is 0.247 e. The van der Waals surface area contributed by atoms with Gasteiger partial charge in [-0.1, -0.05) is 36.7 Å². The van der Waals surface area contributed by atoms with Gasteiger partial charge in [-0.25, -0.2) is 10.5 Å². The first-order valence-corrected chi connectivity index (χ1v) is 10.3. The van der Waals surface area contributed by atoms with Crippen molar-refractivity contribution in [2.75, 3.05) is 23.1 Å². The van der Waals surface area contributed by atoms with Crippen molar-refractivity contribution in [3.63, 3.8) is 0 Å². The zero-order chi connectivity index (χ0) is 22.2. The monoisotopic (exact) mass is 444 g/mol. The van der Waals surface area contributed by atoms with Crippen molar-refractivity contribution in [3.05, 3.63) is 48.1 Å². The molecule has 1 aliphatic carbocycles. The molecule has 1 heterocycles. The van der Waals surface area contributed by atoms with Crippen molar-refractivity contribution in [2.24, 2.45) is 5.92 Å². The molecule has 0 bridgehead atoms. The standard InChI is InChI=1S/C21H25ClN6O3/c1-3-18(29)25-16-9-4-5-10-17(16)26-19-15(22)12-23-21(27-19)24-14-8-6-7-13(11-14)20(30)28-31-2/h3-5,9-10,12-14H,1,6-8,11H2,2H3,(H,25,29)(H,28,30)(H2,23,24,26,27)/t13-,14+/m1/s1. The third-order valence-electron chi connectivity index (χ3n) is 4.95. The first-order valence-electron chi connectivity index (χ1n) is 9.91. The van der Waals surface area contributed by atoms with E-state index in [0.717, 1.165) is 19.3 Å². The van der Waals surface area contributed by atoms with Gasteiger partial charge in [0.05, 0.1) is 24.7 Å². The van der Waals surface area contributed by atoms with E-state index >= 15 is 0 Å². The molecule has 0 spiro atoms. The zero-order valence-corrected chi connectivity index (χ0v) is 17.9. The Hall–Kier alpha value is -3.17. The Labute approximate surface area is 185 Å². The number of hydroxylamine groups is 1. The first kappa shape index (κ1) is 22.5. The summed E-state index contributed by atoms with van der Waals surface area (Å²) in [6.45, 7) is 3.46. The van der Waals surface area contributed by atoms with E-state index in [1.807, 2.05) is 6.07 Å². The molecule has 0 saturated heterocycles. The molecular formula is C21H25ClN6O3. The number of nitrogens with one attached hydrogen (secondary N) is 4. The van der Waals surface area contributed by atoms with E-state index < -0.39 is 0 Å². The molecule has 1 fully saturated rings. The van der Waals surface area contributed by atoms with E-state index in [4.69, 9.17) is 16.4 Å². The lowest BCUT2D eigenvalue weighted by molar-refractivity contribution is -0.136. The van der Waals surface area contributed by atoms with E-state index in [1.54, 1.807) is 18.2 Å². The minimum atomic E-state index is -0.324. The first-order chi connectivity index (χ1) is 15.0. The summed E-state index contributed by atoms with van der Waals surface area (Å²) in [5.41, 5.74) is 3.59. The molecule has 0 unspecified atom stereocenters. The maximum absolute atomic E-state index is 12.1. The van der Waals surface area contributed by atoms with Crippen LogP contribution in [0.3, 0.4) is 0 Å². The minimum absolute atomic E-state index is 0.0505. The summed E-state index contributed by atoms with van der Waals surface area (Å²) >= 11 is 6.29. The Morgan fingerprint density at radius 1 is 1.26 bits per heavy atom. The van der Waals surface area contributed by atoms with Gasteiger partial charge in [-0.2, -0.15) is 4.98 Å². The van der Waals surface area contributed by atoms with Crippen LogP contribution in [0.25, 0.3) is 0 Å². The summed E-state index contributed by atoms with van der Waals surface area (Å²) in [5, 5.41) is 9.50. The molecule has 9 nitrogen and oxygen atoms in total. The van der Waals surface area contributed by atoms with E-state index in [1.165, 1.54) is 19.4 Å². The molecule has 1 aromatic carbocycles. The number of anilines is 4. The lowest BCUT2D eigenvalue weighted by Crippen LogP contribution is -2.37. The van der Waals surface area contributed by atoms with Crippen molar-refractivity contribution in [1.29, 1.82) is 0 Å². The van der Waals surface area contributed by atoms with Gasteiger partial charge in [-0.15, -0.1) is 0 Å². The summed E-state index contributed by atoms with van der Waals surface area (Å²) in [4.78, 5) is 37.2. The summed E-state index contributed by atoms with van der Waals surface area (Å²) in [6.07, 6.45) is 5.98. The van der Waals surface area contributed by atoms with Gasteiger partial charge in [0.15, 0.2) is 5.82 Å². The fraction of sp³-hybridized carbons (Fsp3) is 0.333. The van der Waals surface area contributed by atoms with Crippen LogP contribution in [-0.4, -0.2) is 34.9 Å². The Bertz CT molecular complexity index is 954. The number of amides is 2. The number of benzene rings is 1. The van der Waals surface area contributed by atoms with Crippen molar-refractivity contribution >= 4 is 46.6 Å². The van der Waals surface area contributed by atoms with Gasteiger partial charge >= 0.3 is 0 Å². The molecule has 0 radical (unpaired) electrons. The molecule has 2 atom stereocenters. The van der Waals surface area contributed by atoms with Crippen LogP contribution in [-0.2, 0) is 14.4 Å². The third-order valence-corrected chi connectivity index (χ3v) is 5.22. The summed E-state index contributed by atoms with van der Waals surface area (Å²) in [6, 6.07) is 7.23. The van der Waals surface area contributed by atoms with Gasteiger partial charge in [0, 0.05) is 12.0 Å². The van der Waals surface area contributed by atoms with Crippen LogP contribution in [0.4, 0.5) is 23.1 Å². The van der Waals surface area contributed by atoms with E-state index in [2.05, 4.69) is 38.0 Å². The van der Waals surface area contributed by atoms with Crippen molar-refractivity contribution < 1.29 is 14.4 Å². The Morgan fingerprint density at radius 3 is 2.77 bits per heavy atom. The van der Waals surface area contributed by atoms with Gasteiger partial charge in [-0.05, 0) is 37.5 Å². The number of halogens is 1. The Balaban J connectivity index is 1.72. The van der Waals surface area contributed by atoms with Gasteiger partial charge < -0.3 is 16.0 Å². The highest BCUT2D eigenvalue weighted by Crippen LogP contribution is 2.30. The van der Waals surface area contributed by atoms with Crippen LogP contribution in [0, 0.1) is 5.92 Å². The molecule has 2 aromatic rings. The van der Waals surface area contributed by atoms with E-state index in [9.17, 15) is 9.59 Å². The number of aromatic nitrogens is 2. The Kier molecular flexibility index (Phi) is 7.80. The normalized spacial score (nSPS) is 18.0. The molecule has 1 saturated carbocycles. The zero-order valence-electron chi connectivity index (χ0n) is 17.2. The van der Waals surface area contributed by atoms with Crippen LogP contribution in [0.1, 0.15) is 25.7 Å². The van der Waals surface area contributed by atoms with Crippen molar-refractivity contribution in [2.45, 2.75) is 31.7 Å². The van der Waals surface area contributed by atoms with E-state index in [0.29, 0.717) is 34.6 Å². The second kappa shape index (κ2) is 10.7. The minimum Gasteiger partial charge on any atom is -0.351 e. The predicted molar refractivity (Wildman–Crippen MR) is 120 cm³/mol. The topological polar surface area (TPSA) is 117 Å². The molecule has 0 aliphatic heterocycles. The average Bonchev–Trinajstić information content (AvgIpc) is 2.77.